The second kappa shape index (κ2) is 8.69. The smallest absolute Gasteiger partial charge is 0.237 e. The Balaban J connectivity index is 1.56. The van der Waals surface area contributed by atoms with E-state index in [1.165, 1.54) is 0 Å². The van der Waals surface area contributed by atoms with E-state index >= 15 is 0 Å². The number of rotatable bonds is 7. The third-order valence-electron chi connectivity index (χ3n) is 4.36. The van der Waals surface area contributed by atoms with E-state index < -0.39 is 6.10 Å². The molecule has 2 atom stereocenters. The number of carbonyl (C=O) groups excluding carboxylic acids is 1. The van der Waals surface area contributed by atoms with Crippen molar-refractivity contribution in [3.05, 3.63) is 59.7 Å². The van der Waals surface area contributed by atoms with Gasteiger partial charge in [0.2, 0.25) is 5.91 Å². The van der Waals surface area contributed by atoms with Crippen LogP contribution in [0.4, 0.5) is 0 Å². The Hall–Kier alpha value is -2.57. The van der Waals surface area contributed by atoms with Gasteiger partial charge in [-0.05, 0) is 29.7 Å². The predicted molar refractivity (Wildman–Crippen MR) is 98.0 cm³/mol. The van der Waals surface area contributed by atoms with Crippen LogP contribution in [-0.2, 0) is 17.9 Å². The number of aliphatic hydroxyl groups is 1. The first-order valence-electron chi connectivity index (χ1n) is 8.68. The highest BCUT2D eigenvalue weighted by Crippen LogP contribution is 2.28. The zero-order chi connectivity index (χ0) is 18.4. The van der Waals surface area contributed by atoms with Crippen LogP contribution in [0.1, 0.15) is 17.5 Å². The molecule has 6 nitrogen and oxygen atoms in total. The van der Waals surface area contributed by atoms with Crippen LogP contribution in [0.3, 0.4) is 0 Å². The molecule has 3 N–H and O–H groups in total. The maximum absolute atomic E-state index is 12.1. The van der Waals surface area contributed by atoms with Gasteiger partial charge in [0.25, 0.3) is 0 Å². The Morgan fingerprint density at radius 3 is 2.69 bits per heavy atom. The molecule has 1 aliphatic heterocycles. The number of nitrogens with one attached hydrogen (secondary N) is 2. The van der Waals surface area contributed by atoms with Crippen molar-refractivity contribution in [2.45, 2.75) is 31.7 Å². The molecule has 3 rings (SSSR count). The van der Waals surface area contributed by atoms with E-state index in [4.69, 9.17) is 9.47 Å². The SMILES string of the molecule is COc1cc(CNC(=O)[C@H]2C[C@H](O)CN2)ccc1OCc1ccccc1. The summed E-state index contributed by atoms with van der Waals surface area (Å²) < 4.78 is 11.2. The molecule has 138 valence electrons. The number of methoxy groups -OCH3 is 1. The second-order valence-electron chi connectivity index (χ2n) is 6.33. The zero-order valence-corrected chi connectivity index (χ0v) is 14.8. The zero-order valence-electron chi connectivity index (χ0n) is 14.8. The highest BCUT2D eigenvalue weighted by Gasteiger charge is 2.27. The fourth-order valence-electron chi connectivity index (χ4n) is 2.91. The lowest BCUT2D eigenvalue weighted by Gasteiger charge is -2.14. The summed E-state index contributed by atoms with van der Waals surface area (Å²) in [5.41, 5.74) is 2.00. The maximum atomic E-state index is 12.1. The molecule has 0 radical (unpaired) electrons. The normalized spacial score (nSPS) is 19.2. The Labute approximate surface area is 153 Å². The van der Waals surface area contributed by atoms with E-state index in [0.717, 1.165) is 11.1 Å². The summed E-state index contributed by atoms with van der Waals surface area (Å²) in [6, 6.07) is 15.2. The summed E-state index contributed by atoms with van der Waals surface area (Å²) >= 11 is 0. The van der Waals surface area contributed by atoms with E-state index in [-0.39, 0.29) is 11.9 Å². The number of β-amino-alcohol motifs (C(OH)–C–C–N with tert-alkyl or cyclic N) is 1. The molecular weight excluding hydrogens is 332 g/mol. The molecule has 1 heterocycles. The van der Waals surface area contributed by atoms with Crippen LogP contribution in [0.5, 0.6) is 11.5 Å². The molecule has 0 aliphatic carbocycles. The van der Waals surface area contributed by atoms with Gasteiger partial charge in [0, 0.05) is 13.1 Å². The minimum atomic E-state index is -0.452. The number of hydrogen-bond acceptors (Lipinski definition) is 5. The summed E-state index contributed by atoms with van der Waals surface area (Å²) in [7, 11) is 1.59. The average Bonchev–Trinajstić information content (AvgIpc) is 3.12. The molecule has 2 aromatic carbocycles. The summed E-state index contributed by atoms with van der Waals surface area (Å²) in [5, 5.41) is 15.4. The number of carbonyl (C=O) groups is 1. The number of ether oxygens (including phenoxy) is 2. The third-order valence-corrected chi connectivity index (χ3v) is 4.36. The fourth-order valence-corrected chi connectivity index (χ4v) is 2.91. The molecular formula is C20H24N2O4. The van der Waals surface area contributed by atoms with E-state index in [1.807, 2.05) is 48.5 Å². The van der Waals surface area contributed by atoms with Crippen molar-refractivity contribution in [3.63, 3.8) is 0 Å². The van der Waals surface area contributed by atoms with E-state index in [9.17, 15) is 9.90 Å². The molecule has 6 heteroatoms. The molecule has 1 saturated heterocycles. The molecule has 1 aliphatic rings. The topological polar surface area (TPSA) is 79.8 Å². The van der Waals surface area contributed by atoms with Crippen molar-refractivity contribution >= 4 is 5.91 Å². The Kier molecular flexibility index (Phi) is 6.09. The Bertz CT molecular complexity index is 736. The van der Waals surface area contributed by atoms with Gasteiger partial charge in [-0.2, -0.15) is 0 Å². The van der Waals surface area contributed by atoms with Crippen molar-refractivity contribution in [3.8, 4) is 11.5 Å². The molecule has 0 saturated carbocycles. The quantitative estimate of drug-likeness (QED) is 0.702. The molecule has 26 heavy (non-hydrogen) atoms. The van der Waals surface area contributed by atoms with Gasteiger partial charge in [0.05, 0.1) is 19.3 Å². The number of hydrogen-bond donors (Lipinski definition) is 3. The Morgan fingerprint density at radius 1 is 1.19 bits per heavy atom. The lowest BCUT2D eigenvalue weighted by molar-refractivity contribution is -0.123. The van der Waals surface area contributed by atoms with E-state index in [1.54, 1.807) is 7.11 Å². The van der Waals surface area contributed by atoms with Gasteiger partial charge in [-0.1, -0.05) is 36.4 Å². The van der Waals surface area contributed by atoms with Crippen LogP contribution >= 0.6 is 0 Å². The molecule has 0 spiro atoms. The molecule has 0 aromatic heterocycles. The number of amides is 1. The summed E-state index contributed by atoms with van der Waals surface area (Å²) in [6.45, 7) is 1.31. The standard InChI is InChI=1S/C20H24N2O4/c1-25-19-9-15(11-22-20(24)17-10-16(23)12-21-17)7-8-18(19)26-13-14-5-3-2-4-6-14/h2-9,16-17,21,23H,10-13H2,1H3,(H,22,24)/t16-,17+/m0/s1. The summed E-state index contributed by atoms with van der Waals surface area (Å²) in [5.74, 6) is 1.18. The minimum absolute atomic E-state index is 0.107. The monoisotopic (exact) mass is 356 g/mol. The molecule has 0 unspecified atom stereocenters. The fraction of sp³-hybridized carbons (Fsp3) is 0.350. The lowest BCUT2D eigenvalue weighted by atomic mass is 10.1. The van der Waals surface area contributed by atoms with Crippen LogP contribution in [-0.4, -0.2) is 36.8 Å². The summed E-state index contributed by atoms with van der Waals surface area (Å²) in [6.07, 6.45) is -0.00610. The van der Waals surface area contributed by atoms with Gasteiger partial charge in [-0.15, -0.1) is 0 Å². The van der Waals surface area contributed by atoms with Crippen LogP contribution in [0, 0.1) is 0 Å². The molecule has 0 bridgehead atoms. The van der Waals surface area contributed by atoms with Crippen molar-refractivity contribution in [1.29, 1.82) is 0 Å². The van der Waals surface area contributed by atoms with Gasteiger partial charge >= 0.3 is 0 Å². The number of aliphatic hydroxyl groups excluding tert-OH is 1. The van der Waals surface area contributed by atoms with Crippen molar-refractivity contribution in [2.24, 2.45) is 0 Å². The van der Waals surface area contributed by atoms with Gasteiger partial charge in [0.1, 0.15) is 6.61 Å². The third kappa shape index (κ3) is 4.74. The first kappa shape index (κ1) is 18.2. The van der Waals surface area contributed by atoms with E-state index in [0.29, 0.717) is 37.6 Å². The average molecular weight is 356 g/mol. The van der Waals surface area contributed by atoms with Crippen LogP contribution in [0.15, 0.2) is 48.5 Å². The first-order valence-corrected chi connectivity index (χ1v) is 8.68. The molecule has 2 aromatic rings. The largest absolute Gasteiger partial charge is 0.493 e. The van der Waals surface area contributed by atoms with Crippen molar-refractivity contribution < 1.29 is 19.4 Å². The lowest BCUT2D eigenvalue weighted by Crippen LogP contribution is -2.40. The minimum Gasteiger partial charge on any atom is -0.493 e. The van der Waals surface area contributed by atoms with Crippen molar-refractivity contribution in [1.82, 2.24) is 10.6 Å². The molecule has 1 fully saturated rings. The predicted octanol–water partition coefficient (Wildman–Crippen LogP) is 1.61. The van der Waals surface area contributed by atoms with Gasteiger partial charge < -0.3 is 25.2 Å². The van der Waals surface area contributed by atoms with Crippen molar-refractivity contribution in [2.75, 3.05) is 13.7 Å². The number of benzene rings is 2. The van der Waals surface area contributed by atoms with Crippen LogP contribution in [0.25, 0.3) is 0 Å². The van der Waals surface area contributed by atoms with Crippen LogP contribution < -0.4 is 20.1 Å². The van der Waals surface area contributed by atoms with Gasteiger partial charge in [-0.3, -0.25) is 4.79 Å². The first-order chi connectivity index (χ1) is 12.7. The molecule has 1 amide bonds. The highest BCUT2D eigenvalue weighted by molar-refractivity contribution is 5.82. The highest BCUT2D eigenvalue weighted by atomic mass is 16.5. The van der Waals surface area contributed by atoms with E-state index in [2.05, 4.69) is 10.6 Å². The maximum Gasteiger partial charge on any atom is 0.237 e. The summed E-state index contributed by atoms with van der Waals surface area (Å²) in [4.78, 5) is 12.1. The second-order valence-corrected chi connectivity index (χ2v) is 6.33. The van der Waals surface area contributed by atoms with Crippen LogP contribution in [0.2, 0.25) is 0 Å². The Morgan fingerprint density at radius 2 is 2.00 bits per heavy atom. The van der Waals surface area contributed by atoms with Gasteiger partial charge in [-0.25, -0.2) is 0 Å². The van der Waals surface area contributed by atoms with Gasteiger partial charge in [0.15, 0.2) is 11.5 Å².